The van der Waals surface area contributed by atoms with Gasteiger partial charge in [-0.2, -0.15) is 4.98 Å². The summed E-state index contributed by atoms with van der Waals surface area (Å²) in [6.07, 6.45) is -2.75. The minimum Gasteiger partial charge on any atom is -0.481 e. The Morgan fingerprint density at radius 3 is 2.42 bits per heavy atom. The molecule has 4 aromatic rings. The summed E-state index contributed by atoms with van der Waals surface area (Å²) in [7, 11) is 6.72. The van der Waals surface area contributed by atoms with Crippen molar-refractivity contribution in [3.05, 3.63) is 76.9 Å². The van der Waals surface area contributed by atoms with Crippen molar-refractivity contribution >= 4 is 34.1 Å². The molecule has 2 aromatic carbocycles. The van der Waals surface area contributed by atoms with Gasteiger partial charge in [0.15, 0.2) is 0 Å². The van der Waals surface area contributed by atoms with Gasteiger partial charge in [-0.3, -0.25) is 4.79 Å². The van der Waals surface area contributed by atoms with Crippen LogP contribution in [-0.2, 0) is 11.2 Å². The van der Waals surface area contributed by atoms with E-state index in [0.29, 0.717) is 39.8 Å². The third kappa shape index (κ3) is 5.93. The number of hydrogen-bond donors (Lipinski definition) is 1. The second-order valence-electron chi connectivity index (χ2n) is 9.60. The van der Waals surface area contributed by atoms with Gasteiger partial charge in [0, 0.05) is 43.3 Å². The van der Waals surface area contributed by atoms with Gasteiger partial charge < -0.3 is 19.9 Å². The molecule has 0 aliphatic heterocycles. The number of ether oxygens (including phenoxy) is 1. The topological polar surface area (TPSA) is 83.5 Å². The maximum Gasteiger partial charge on any atom is 0.266 e. The molecule has 11 heteroatoms. The van der Waals surface area contributed by atoms with Crippen LogP contribution in [0.3, 0.4) is 0 Å². The first kappa shape index (κ1) is 28.6. The fourth-order valence-electron chi connectivity index (χ4n) is 4.32. The number of benzene rings is 2. The maximum atomic E-state index is 14.8. The van der Waals surface area contributed by atoms with E-state index in [1.54, 1.807) is 34.0 Å². The lowest BCUT2D eigenvalue weighted by Gasteiger charge is -2.22. The van der Waals surface area contributed by atoms with Crippen LogP contribution in [-0.4, -0.2) is 54.0 Å². The molecule has 0 saturated carbocycles. The SMILES string of the molecule is COc1nc(N(C)c2ccc3nc(C)nc(N[C@H](C)c4cccc(C(F)F)c4F)c3c2)ccc1CC(=O)N(C)C. The number of aryl methyl sites for hydroxylation is 1. The molecule has 2 heterocycles. The molecule has 0 aliphatic carbocycles. The number of aromatic nitrogens is 3. The maximum absolute atomic E-state index is 14.8. The number of methoxy groups -OCH3 is 1. The highest BCUT2D eigenvalue weighted by molar-refractivity contribution is 5.92. The van der Waals surface area contributed by atoms with Crippen LogP contribution in [0.1, 0.15) is 41.9 Å². The van der Waals surface area contributed by atoms with Gasteiger partial charge in [-0.25, -0.2) is 23.1 Å². The molecule has 1 N–H and O–H groups in total. The zero-order valence-electron chi connectivity index (χ0n) is 23.2. The number of anilines is 3. The van der Waals surface area contributed by atoms with E-state index in [1.165, 1.54) is 24.1 Å². The summed E-state index contributed by atoms with van der Waals surface area (Å²) in [5.74, 6) is 0.863. The van der Waals surface area contributed by atoms with Crippen molar-refractivity contribution in [1.82, 2.24) is 19.9 Å². The highest BCUT2D eigenvalue weighted by atomic mass is 19.3. The average Bonchev–Trinajstić information content (AvgIpc) is 2.92. The molecule has 8 nitrogen and oxygen atoms in total. The van der Waals surface area contributed by atoms with Crippen LogP contribution in [0.4, 0.5) is 30.5 Å². The van der Waals surface area contributed by atoms with Crippen molar-refractivity contribution in [2.45, 2.75) is 32.7 Å². The molecule has 1 amide bonds. The third-order valence-electron chi connectivity index (χ3n) is 6.59. The van der Waals surface area contributed by atoms with Crippen LogP contribution in [0.5, 0.6) is 5.88 Å². The first-order chi connectivity index (χ1) is 19.0. The number of likely N-dealkylation sites (N-methyl/N-ethyl adjacent to an activating group) is 1. The summed E-state index contributed by atoms with van der Waals surface area (Å²) in [6.45, 7) is 3.43. The summed E-state index contributed by atoms with van der Waals surface area (Å²) in [5.41, 5.74) is 1.56. The van der Waals surface area contributed by atoms with E-state index in [2.05, 4.69) is 20.3 Å². The molecule has 0 fully saturated rings. The Bertz CT molecular complexity index is 1550. The molecule has 0 saturated heterocycles. The number of halogens is 3. The lowest BCUT2D eigenvalue weighted by Crippen LogP contribution is -2.24. The molecular formula is C29H31F3N6O2. The number of rotatable bonds is 9. The first-order valence-electron chi connectivity index (χ1n) is 12.6. The number of nitrogens with zero attached hydrogens (tertiary/aromatic N) is 5. The van der Waals surface area contributed by atoms with Crippen LogP contribution in [0.15, 0.2) is 48.5 Å². The van der Waals surface area contributed by atoms with E-state index < -0.39 is 23.8 Å². The Morgan fingerprint density at radius 1 is 1.02 bits per heavy atom. The van der Waals surface area contributed by atoms with Crippen molar-refractivity contribution < 1.29 is 22.7 Å². The minimum absolute atomic E-state index is 0.0684. The number of fused-ring (bicyclic) bond motifs is 1. The van der Waals surface area contributed by atoms with Crippen LogP contribution >= 0.6 is 0 Å². The van der Waals surface area contributed by atoms with Crippen LogP contribution in [0.2, 0.25) is 0 Å². The van der Waals surface area contributed by atoms with Crippen LogP contribution < -0.4 is 15.0 Å². The quantitative estimate of drug-likeness (QED) is 0.273. The van der Waals surface area contributed by atoms with Gasteiger partial charge >= 0.3 is 0 Å². The molecular weight excluding hydrogens is 521 g/mol. The molecule has 0 radical (unpaired) electrons. The summed E-state index contributed by atoms with van der Waals surface area (Å²) < 4.78 is 46.8. The molecule has 0 spiro atoms. The predicted molar refractivity (Wildman–Crippen MR) is 149 cm³/mol. The van der Waals surface area contributed by atoms with Crippen molar-refractivity contribution in [2.24, 2.45) is 0 Å². The van der Waals surface area contributed by atoms with E-state index in [9.17, 15) is 18.0 Å². The number of carbonyl (C=O) groups is 1. The number of nitrogens with one attached hydrogen (secondary N) is 1. The lowest BCUT2D eigenvalue weighted by atomic mass is 10.0. The van der Waals surface area contributed by atoms with Crippen molar-refractivity contribution in [3.63, 3.8) is 0 Å². The van der Waals surface area contributed by atoms with E-state index in [4.69, 9.17) is 4.74 Å². The predicted octanol–water partition coefficient (Wildman–Crippen LogP) is 5.99. The number of amides is 1. The smallest absolute Gasteiger partial charge is 0.266 e. The Hall–Kier alpha value is -4.41. The molecule has 40 heavy (non-hydrogen) atoms. The highest BCUT2D eigenvalue weighted by Gasteiger charge is 2.21. The van der Waals surface area contributed by atoms with E-state index >= 15 is 0 Å². The van der Waals surface area contributed by atoms with Crippen LogP contribution in [0, 0.1) is 12.7 Å². The number of pyridine rings is 1. The van der Waals surface area contributed by atoms with Gasteiger partial charge in [-0.15, -0.1) is 0 Å². The summed E-state index contributed by atoms with van der Waals surface area (Å²) in [4.78, 5) is 29.2. The highest BCUT2D eigenvalue weighted by Crippen LogP contribution is 2.33. The van der Waals surface area contributed by atoms with Gasteiger partial charge in [0.25, 0.3) is 6.43 Å². The molecule has 210 valence electrons. The minimum atomic E-state index is -2.91. The van der Waals surface area contributed by atoms with E-state index in [-0.39, 0.29) is 17.9 Å². The van der Waals surface area contributed by atoms with Gasteiger partial charge in [0.05, 0.1) is 30.7 Å². The van der Waals surface area contributed by atoms with E-state index in [1.807, 2.05) is 36.2 Å². The molecule has 2 aromatic heterocycles. The molecule has 0 unspecified atom stereocenters. The molecule has 1 atom stereocenters. The van der Waals surface area contributed by atoms with Crippen LogP contribution in [0.25, 0.3) is 10.9 Å². The number of carbonyl (C=O) groups excluding carboxylic acids is 1. The Kier molecular flexibility index (Phi) is 8.41. The zero-order chi connectivity index (χ0) is 29.1. The lowest BCUT2D eigenvalue weighted by molar-refractivity contribution is -0.128. The third-order valence-corrected chi connectivity index (χ3v) is 6.59. The number of alkyl halides is 2. The van der Waals surface area contributed by atoms with Crippen molar-refractivity contribution in [2.75, 3.05) is 38.5 Å². The second kappa shape index (κ2) is 11.8. The van der Waals surface area contributed by atoms with Crippen molar-refractivity contribution in [1.29, 1.82) is 0 Å². The monoisotopic (exact) mass is 552 g/mol. The second-order valence-corrected chi connectivity index (χ2v) is 9.60. The summed E-state index contributed by atoms with van der Waals surface area (Å²) in [6, 6.07) is 12.5. The van der Waals surface area contributed by atoms with Gasteiger partial charge in [0.2, 0.25) is 11.8 Å². The van der Waals surface area contributed by atoms with Gasteiger partial charge in [-0.1, -0.05) is 18.2 Å². The summed E-state index contributed by atoms with van der Waals surface area (Å²) in [5, 5.41) is 3.84. The largest absolute Gasteiger partial charge is 0.481 e. The number of hydrogen-bond acceptors (Lipinski definition) is 7. The van der Waals surface area contributed by atoms with Crippen molar-refractivity contribution in [3.8, 4) is 5.88 Å². The Morgan fingerprint density at radius 2 is 1.75 bits per heavy atom. The van der Waals surface area contributed by atoms with Gasteiger partial charge in [0.1, 0.15) is 23.3 Å². The molecule has 0 aliphatic rings. The first-order valence-corrected chi connectivity index (χ1v) is 12.6. The fraction of sp³-hybridized carbons (Fsp3) is 0.310. The van der Waals surface area contributed by atoms with E-state index in [0.717, 1.165) is 11.8 Å². The molecule has 4 rings (SSSR count). The average molecular weight is 553 g/mol. The Labute approximate surface area is 230 Å². The Balaban J connectivity index is 1.68. The zero-order valence-corrected chi connectivity index (χ0v) is 23.2. The standard InChI is InChI=1S/C29H31F3N6O2/c1-16(20-8-7-9-21(26(20)30)27(31)32)33-28-22-15-19(11-12-23(22)34-17(2)35-28)38(5)24-13-10-18(29(36-24)40-6)14-25(39)37(3)4/h7-13,15-16,27H,14H2,1-6H3,(H,33,34,35)/t16-/m1/s1. The van der Waals surface area contributed by atoms with Gasteiger partial charge in [-0.05, 0) is 44.2 Å². The summed E-state index contributed by atoms with van der Waals surface area (Å²) >= 11 is 0. The fourth-order valence-corrected chi connectivity index (χ4v) is 4.32. The molecule has 0 bridgehead atoms. The normalized spacial score (nSPS) is 11.9.